The molecule has 7 heteroatoms. The Kier molecular flexibility index (Phi) is 2.62. The maximum atomic E-state index is 11.3. The maximum absolute atomic E-state index is 11.3. The number of hydrogen-bond acceptors (Lipinski definition) is 4. The van der Waals surface area contributed by atoms with Crippen LogP contribution in [-0.2, 0) is 0 Å². The van der Waals surface area contributed by atoms with Gasteiger partial charge in [0.25, 0.3) is 0 Å². The summed E-state index contributed by atoms with van der Waals surface area (Å²) in [5.74, 6) is 0.0710. The highest BCUT2D eigenvalue weighted by Crippen LogP contribution is 2.40. The van der Waals surface area contributed by atoms with Gasteiger partial charge < -0.3 is 5.11 Å². The summed E-state index contributed by atoms with van der Waals surface area (Å²) < 4.78 is 2.18. The lowest BCUT2D eigenvalue weighted by atomic mass is 10.2. The van der Waals surface area contributed by atoms with Crippen molar-refractivity contribution in [2.24, 2.45) is 0 Å². The van der Waals surface area contributed by atoms with Gasteiger partial charge in [0, 0.05) is 10.4 Å². The molecule has 0 saturated heterocycles. The third-order valence-corrected chi connectivity index (χ3v) is 3.51. The summed E-state index contributed by atoms with van der Waals surface area (Å²) in [5, 5.41) is 20.8. The molecule has 1 fully saturated rings. The van der Waals surface area contributed by atoms with Gasteiger partial charge in [-0.15, -0.1) is 5.10 Å². The minimum absolute atomic E-state index is 0.179. The van der Waals surface area contributed by atoms with E-state index in [2.05, 4.69) is 31.5 Å². The van der Waals surface area contributed by atoms with E-state index >= 15 is 0 Å². The highest BCUT2D eigenvalue weighted by Gasteiger charge is 2.31. The molecule has 0 bridgehead atoms. The van der Waals surface area contributed by atoms with E-state index in [-0.39, 0.29) is 5.56 Å². The standard InChI is InChI=1S/C11H9BrN4O2/c12-8-3-1-2-7(11(17)18)9(8)16-10(6-4-5-6)13-14-15-16/h1-3,6H,4-5H2,(H,17,18). The van der Waals surface area contributed by atoms with Crippen molar-refractivity contribution in [2.75, 3.05) is 0 Å². The van der Waals surface area contributed by atoms with Crippen molar-refractivity contribution >= 4 is 21.9 Å². The number of rotatable bonds is 3. The molecule has 1 heterocycles. The van der Waals surface area contributed by atoms with Crippen LogP contribution < -0.4 is 0 Å². The summed E-state index contributed by atoms with van der Waals surface area (Å²) in [7, 11) is 0. The van der Waals surface area contributed by atoms with Crippen molar-refractivity contribution in [1.29, 1.82) is 0 Å². The molecule has 1 aliphatic rings. The highest BCUT2D eigenvalue weighted by molar-refractivity contribution is 9.10. The summed E-state index contributed by atoms with van der Waals surface area (Å²) in [6.07, 6.45) is 2.10. The second-order valence-electron chi connectivity index (χ2n) is 4.16. The van der Waals surface area contributed by atoms with E-state index < -0.39 is 5.97 Å². The average Bonchev–Trinajstić information content (AvgIpc) is 3.07. The summed E-state index contributed by atoms with van der Waals surface area (Å²) in [4.78, 5) is 11.3. The predicted octanol–water partition coefficient (Wildman–Crippen LogP) is 2.00. The van der Waals surface area contributed by atoms with Crippen LogP contribution in [0.1, 0.15) is 34.9 Å². The summed E-state index contributed by atoms with van der Waals surface area (Å²) in [6.45, 7) is 0. The molecule has 0 radical (unpaired) electrons. The Morgan fingerprint density at radius 2 is 2.22 bits per heavy atom. The van der Waals surface area contributed by atoms with E-state index in [4.69, 9.17) is 0 Å². The monoisotopic (exact) mass is 308 g/mol. The van der Waals surface area contributed by atoms with Crippen LogP contribution in [0.15, 0.2) is 22.7 Å². The molecule has 3 rings (SSSR count). The van der Waals surface area contributed by atoms with Crippen LogP contribution in [0, 0.1) is 0 Å². The molecule has 0 spiro atoms. The summed E-state index contributed by atoms with van der Waals surface area (Å²) in [6, 6.07) is 5.00. The van der Waals surface area contributed by atoms with Crippen molar-refractivity contribution in [3.8, 4) is 5.69 Å². The Labute approximate surface area is 111 Å². The van der Waals surface area contributed by atoms with E-state index in [0.29, 0.717) is 16.1 Å². The van der Waals surface area contributed by atoms with E-state index in [1.807, 2.05) is 0 Å². The fourth-order valence-corrected chi connectivity index (χ4v) is 2.39. The first-order chi connectivity index (χ1) is 8.68. The quantitative estimate of drug-likeness (QED) is 0.938. The number of nitrogens with zero attached hydrogens (tertiary/aromatic N) is 4. The minimum atomic E-state index is -0.997. The maximum Gasteiger partial charge on any atom is 0.337 e. The molecule has 1 saturated carbocycles. The first-order valence-corrected chi connectivity index (χ1v) is 6.28. The van der Waals surface area contributed by atoms with E-state index in [9.17, 15) is 9.90 Å². The van der Waals surface area contributed by atoms with E-state index in [0.717, 1.165) is 18.7 Å². The fraction of sp³-hybridized carbons (Fsp3) is 0.273. The molecule has 6 nitrogen and oxygen atoms in total. The Bertz CT molecular complexity index is 621. The molecule has 1 aromatic heterocycles. The molecule has 2 aromatic rings. The molecular formula is C11H9BrN4O2. The predicted molar refractivity (Wildman–Crippen MR) is 65.8 cm³/mol. The molecule has 1 aliphatic carbocycles. The Morgan fingerprint density at radius 1 is 1.44 bits per heavy atom. The van der Waals surface area contributed by atoms with Gasteiger partial charge in [0.2, 0.25) is 0 Å². The second-order valence-corrected chi connectivity index (χ2v) is 5.02. The largest absolute Gasteiger partial charge is 0.478 e. The first-order valence-electron chi connectivity index (χ1n) is 5.49. The van der Waals surface area contributed by atoms with Gasteiger partial charge in [-0.25, -0.2) is 4.79 Å². The number of hydrogen-bond donors (Lipinski definition) is 1. The SMILES string of the molecule is O=C(O)c1cccc(Br)c1-n1nnnc1C1CC1. The summed E-state index contributed by atoms with van der Waals surface area (Å²) in [5.41, 5.74) is 0.662. The van der Waals surface area contributed by atoms with E-state index in [1.165, 1.54) is 4.68 Å². The molecule has 18 heavy (non-hydrogen) atoms. The number of carboxylic acids is 1. The third kappa shape index (κ3) is 1.80. The van der Waals surface area contributed by atoms with Crippen LogP contribution in [0.25, 0.3) is 5.69 Å². The molecule has 0 aliphatic heterocycles. The van der Waals surface area contributed by atoms with Crippen LogP contribution in [0.4, 0.5) is 0 Å². The van der Waals surface area contributed by atoms with Gasteiger partial charge in [0.1, 0.15) is 0 Å². The van der Waals surface area contributed by atoms with Gasteiger partial charge in [-0.05, 0) is 51.3 Å². The number of benzene rings is 1. The smallest absolute Gasteiger partial charge is 0.337 e. The molecule has 1 N–H and O–H groups in total. The van der Waals surface area contributed by atoms with Gasteiger partial charge >= 0.3 is 5.97 Å². The van der Waals surface area contributed by atoms with Crippen molar-refractivity contribution < 1.29 is 9.90 Å². The van der Waals surface area contributed by atoms with Gasteiger partial charge in [-0.1, -0.05) is 6.07 Å². The lowest BCUT2D eigenvalue weighted by molar-refractivity contribution is 0.0696. The molecule has 0 amide bonds. The Morgan fingerprint density at radius 3 is 2.89 bits per heavy atom. The lowest BCUT2D eigenvalue weighted by Crippen LogP contribution is -2.10. The number of aromatic nitrogens is 4. The Balaban J connectivity index is 2.21. The first kappa shape index (κ1) is 11.3. The zero-order valence-corrected chi connectivity index (χ0v) is 10.8. The van der Waals surface area contributed by atoms with Crippen molar-refractivity contribution in [2.45, 2.75) is 18.8 Å². The lowest BCUT2D eigenvalue weighted by Gasteiger charge is -2.09. The van der Waals surface area contributed by atoms with Gasteiger partial charge in [0.15, 0.2) is 5.82 Å². The third-order valence-electron chi connectivity index (χ3n) is 2.87. The number of aromatic carboxylic acids is 1. The van der Waals surface area contributed by atoms with Crippen molar-refractivity contribution in [3.05, 3.63) is 34.1 Å². The van der Waals surface area contributed by atoms with Crippen molar-refractivity contribution in [3.63, 3.8) is 0 Å². The average molecular weight is 309 g/mol. The topological polar surface area (TPSA) is 80.9 Å². The van der Waals surface area contributed by atoms with Crippen LogP contribution in [-0.4, -0.2) is 31.3 Å². The van der Waals surface area contributed by atoms with Crippen LogP contribution in [0.5, 0.6) is 0 Å². The van der Waals surface area contributed by atoms with E-state index in [1.54, 1.807) is 18.2 Å². The van der Waals surface area contributed by atoms with Crippen LogP contribution in [0.2, 0.25) is 0 Å². The van der Waals surface area contributed by atoms with Gasteiger partial charge in [0.05, 0.1) is 11.3 Å². The number of carboxylic acid groups (broad SMARTS) is 1. The molecule has 0 atom stereocenters. The zero-order chi connectivity index (χ0) is 12.7. The van der Waals surface area contributed by atoms with Crippen LogP contribution >= 0.6 is 15.9 Å². The molecule has 0 unspecified atom stereocenters. The van der Waals surface area contributed by atoms with Crippen molar-refractivity contribution in [1.82, 2.24) is 20.2 Å². The molecular weight excluding hydrogens is 300 g/mol. The normalized spacial score (nSPS) is 14.7. The Hall–Kier alpha value is -1.76. The number of tetrazole rings is 1. The van der Waals surface area contributed by atoms with Gasteiger partial charge in [-0.3, -0.25) is 0 Å². The minimum Gasteiger partial charge on any atom is -0.478 e. The molecule has 92 valence electrons. The van der Waals surface area contributed by atoms with Gasteiger partial charge in [-0.2, -0.15) is 4.68 Å². The fourth-order valence-electron chi connectivity index (χ4n) is 1.85. The number of para-hydroxylation sites is 1. The zero-order valence-electron chi connectivity index (χ0n) is 9.25. The second kappa shape index (κ2) is 4.16. The van der Waals surface area contributed by atoms with Crippen LogP contribution in [0.3, 0.4) is 0 Å². The summed E-state index contributed by atoms with van der Waals surface area (Å²) >= 11 is 3.36. The number of halogens is 1. The number of carbonyl (C=O) groups is 1. The highest BCUT2D eigenvalue weighted by atomic mass is 79.9. The molecule has 1 aromatic carbocycles.